The minimum Gasteiger partial charge on any atom is -0.465 e. The Morgan fingerprint density at radius 2 is 1.98 bits per heavy atom. The van der Waals surface area contributed by atoms with Crippen molar-refractivity contribution < 1.29 is 29.0 Å². The highest BCUT2D eigenvalue weighted by molar-refractivity contribution is 9.09. The molecule has 4 aliphatic heterocycles. The molecule has 4 heterocycles. The Morgan fingerprint density at radius 3 is 2.64 bits per heavy atom. The average molecular weight is 663 g/mol. The molecule has 2 bridgehead atoms. The van der Waals surface area contributed by atoms with Crippen LogP contribution in [-0.2, 0) is 23.9 Å². The van der Waals surface area contributed by atoms with Crippen LogP contribution in [0.2, 0.25) is 0 Å². The average Bonchev–Trinajstić information content (AvgIpc) is 3.60. The zero-order valence-electron chi connectivity index (χ0n) is 23.8. The molecular formula is C31H40BrN3O6S. The van der Waals surface area contributed by atoms with E-state index in [0.717, 1.165) is 18.7 Å². The first-order chi connectivity index (χ1) is 20.4. The van der Waals surface area contributed by atoms with Crippen molar-refractivity contribution in [2.75, 3.05) is 59.2 Å². The molecule has 0 aromatic heterocycles. The molecule has 1 aromatic carbocycles. The lowest BCUT2D eigenvalue weighted by molar-refractivity contribution is -0.154. The van der Waals surface area contributed by atoms with Gasteiger partial charge in [0.15, 0.2) is 0 Å². The second kappa shape index (κ2) is 13.6. The molecule has 0 saturated carbocycles. The molecule has 2 amide bonds. The summed E-state index contributed by atoms with van der Waals surface area (Å²) in [6, 6.07) is 7.71. The number of thioether (sulfide) groups is 1. The van der Waals surface area contributed by atoms with E-state index in [1.165, 1.54) is 0 Å². The number of rotatable bonds is 13. The van der Waals surface area contributed by atoms with Gasteiger partial charge in [-0.2, -0.15) is 0 Å². The van der Waals surface area contributed by atoms with Crippen molar-refractivity contribution in [2.45, 2.75) is 39.7 Å². The summed E-state index contributed by atoms with van der Waals surface area (Å²) >= 11 is 5.37. The molecule has 0 aliphatic carbocycles. The monoisotopic (exact) mass is 661 g/mol. The Kier molecular flexibility index (Phi) is 10.1. The fourth-order valence-corrected chi connectivity index (χ4v) is 10.6. The third-order valence-corrected chi connectivity index (χ3v) is 12.2. The maximum absolute atomic E-state index is 14.7. The summed E-state index contributed by atoms with van der Waals surface area (Å²) in [7, 11) is 0. The first kappa shape index (κ1) is 31.3. The van der Waals surface area contributed by atoms with E-state index in [0.29, 0.717) is 45.7 Å². The zero-order chi connectivity index (χ0) is 29.9. The van der Waals surface area contributed by atoms with Gasteiger partial charge in [0, 0.05) is 42.8 Å². The van der Waals surface area contributed by atoms with E-state index < -0.39 is 34.6 Å². The normalized spacial score (nSPS) is 31.0. The number of halogens is 1. The number of likely N-dealkylation sites (tertiary alicyclic amines) is 1. The van der Waals surface area contributed by atoms with E-state index in [-0.39, 0.29) is 35.1 Å². The Labute approximate surface area is 260 Å². The number of nitrogens with zero attached hydrogens (tertiary/aromatic N) is 3. The van der Waals surface area contributed by atoms with Crippen LogP contribution in [0.15, 0.2) is 55.6 Å². The molecule has 3 unspecified atom stereocenters. The predicted molar refractivity (Wildman–Crippen MR) is 165 cm³/mol. The van der Waals surface area contributed by atoms with Gasteiger partial charge >= 0.3 is 5.97 Å². The third kappa shape index (κ3) is 5.70. The van der Waals surface area contributed by atoms with Crippen molar-refractivity contribution in [1.82, 2.24) is 14.7 Å². The zero-order valence-corrected chi connectivity index (χ0v) is 26.2. The molecule has 4 fully saturated rings. The lowest BCUT2D eigenvalue weighted by Crippen LogP contribution is -2.57. The lowest BCUT2D eigenvalue weighted by Gasteiger charge is -2.40. The molecule has 1 spiro atoms. The van der Waals surface area contributed by atoms with Crippen molar-refractivity contribution in [1.29, 1.82) is 0 Å². The van der Waals surface area contributed by atoms with Gasteiger partial charge in [-0.1, -0.05) is 58.4 Å². The molecule has 42 heavy (non-hydrogen) atoms. The fourth-order valence-electron chi connectivity index (χ4n) is 7.03. The Balaban J connectivity index is 1.53. The number of carbonyl (C=O) groups is 3. The topological polar surface area (TPSA) is 99.6 Å². The van der Waals surface area contributed by atoms with E-state index in [1.54, 1.807) is 33.7 Å². The second-order valence-electron chi connectivity index (χ2n) is 11.3. The van der Waals surface area contributed by atoms with Crippen LogP contribution in [0.1, 0.15) is 24.4 Å². The standard InChI is InChI=1S/C31H40BrN3O6S/c1-3-5-16-41-30(39)24-25-28(37)35(23(20-36)21-9-7-6-8-10-21)27(31(25)19-22(32)26(24)42-31)29(38)34(11-4-2)13-12-33-14-17-40-18-15-33/h3-4,6-10,22-27,36H,1-2,5,11-20H2/t22?,23-,24-,25+,26-,27?,31?/m1/s1. The third-order valence-electron chi connectivity index (χ3n) is 8.94. The Bertz CT molecular complexity index is 1170. The fraction of sp³-hybridized carbons (Fsp3) is 0.581. The van der Waals surface area contributed by atoms with Crippen LogP contribution >= 0.6 is 27.7 Å². The number of fused-ring (bicyclic) bond motifs is 1. The highest BCUT2D eigenvalue weighted by atomic mass is 79.9. The van der Waals surface area contributed by atoms with E-state index in [1.807, 2.05) is 30.3 Å². The second-order valence-corrected chi connectivity index (χ2v) is 14.0. The summed E-state index contributed by atoms with van der Waals surface area (Å²) < 4.78 is 10.3. The summed E-state index contributed by atoms with van der Waals surface area (Å²) in [5, 5.41) is 10.5. The van der Waals surface area contributed by atoms with Gasteiger partial charge in [0.25, 0.3) is 0 Å². The van der Waals surface area contributed by atoms with Crippen molar-refractivity contribution in [3.8, 4) is 0 Å². The molecule has 1 N–H and O–H groups in total. The number of benzene rings is 1. The smallest absolute Gasteiger partial charge is 0.310 e. The number of ether oxygens (including phenoxy) is 2. The molecule has 228 valence electrons. The molecule has 5 rings (SSSR count). The maximum Gasteiger partial charge on any atom is 0.310 e. The maximum atomic E-state index is 14.7. The van der Waals surface area contributed by atoms with Crippen LogP contribution < -0.4 is 0 Å². The molecule has 0 radical (unpaired) electrons. The van der Waals surface area contributed by atoms with Gasteiger partial charge < -0.3 is 24.4 Å². The minimum absolute atomic E-state index is 0.0655. The van der Waals surface area contributed by atoms with Gasteiger partial charge in [-0.25, -0.2) is 0 Å². The minimum atomic E-state index is -0.863. The highest BCUT2D eigenvalue weighted by Crippen LogP contribution is 2.68. The number of morpholine rings is 1. The van der Waals surface area contributed by atoms with Crippen LogP contribution in [0.25, 0.3) is 0 Å². The van der Waals surface area contributed by atoms with Crippen molar-refractivity contribution >= 4 is 45.5 Å². The van der Waals surface area contributed by atoms with Gasteiger partial charge in [-0.05, 0) is 18.4 Å². The number of hydrogen-bond acceptors (Lipinski definition) is 8. The first-order valence-electron chi connectivity index (χ1n) is 14.6. The number of carbonyl (C=O) groups excluding carboxylic acids is 3. The van der Waals surface area contributed by atoms with Gasteiger partial charge in [-0.3, -0.25) is 19.3 Å². The summed E-state index contributed by atoms with van der Waals surface area (Å²) in [6.45, 7) is 11.8. The van der Waals surface area contributed by atoms with Crippen LogP contribution in [0.3, 0.4) is 0 Å². The van der Waals surface area contributed by atoms with E-state index in [4.69, 9.17) is 9.47 Å². The van der Waals surface area contributed by atoms with Crippen molar-refractivity contribution in [2.24, 2.45) is 11.8 Å². The molecule has 9 nitrogen and oxygen atoms in total. The molecule has 4 aliphatic rings. The van der Waals surface area contributed by atoms with Crippen LogP contribution in [-0.4, -0.2) is 118 Å². The van der Waals surface area contributed by atoms with Gasteiger partial charge in [0.1, 0.15) is 6.04 Å². The number of aliphatic hydroxyl groups is 1. The van der Waals surface area contributed by atoms with Crippen LogP contribution in [0.4, 0.5) is 0 Å². The lowest BCUT2D eigenvalue weighted by atomic mass is 9.71. The molecule has 11 heteroatoms. The van der Waals surface area contributed by atoms with E-state index >= 15 is 0 Å². The SMILES string of the molecule is C=CCCOC(=O)[C@H]1[C@@H]2SC3(CC2Br)C(C(=O)N(CC=C)CCN2CCOCC2)N([C@H](CO)c2ccccc2)C(=O)[C@H]13. The number of hydrogen-bond donors (Lipinski definition) is 1. The summed E-state index contributed by atoms with van der Waals surface area (Å²) in [6.07, 6.45) is 4.47. The molecule has 7 atom stereocenters. The number of esters is 1. The van der Waals surface area contributed by atoms with Gasteiger partial charge in [0.2, 0.25) is 11.8 Å². The summed E-state index contributed by atoms with van der Waals surface area (Å²) in [4.78, 5) is 48.4. The highest BCUT2D eigenvalue weighted by Gasteiger charge is 2.76. The summed E-state index contributed by atoms with van der Waals surface area (Å²) in [5.74, 6) is -2.29. The largest absolute Gasteiger partial charge is 0.465 e. The quantitative estimate of drug-likeness (QED) is 0.149. The van der Waals surface area contributed by atoms with Crippen LogP contribution in [0, 0.1) is 11.8 Å². The molecule has 4 saturated heterocycles. The number of amides is 2. The molecular weight excluding hydrogens is 622 g/mol. The van der Waals surface area contributed by atoms with Gasteiger partial charge in [-0.15, -0.1) is 24.9 Å². The molecule has 1 aromatic rings. The van der Waals surface area contributed by atoms with Crippen molar-refractivity contribution in [3.05, 3.63) is 61.2 Å². The Morgan fingerprint density at radius 1 is 1.24 bits per heavy atom. The predicted octanol–water partition coefficient (Wildman–Crippen LogP) is 2.65. The number of alkyl halides is 1. The first-order valence-corrected chi connectivity index (χ1v) is 16.4. The van der Waals surface area contributed by atoms with Crippen LogP contribution in [0.5, 0.6) is 0 Å². The van der Waals surface area contributed by atoms with E-state index in [9.17, 15) is 19.5 Å². The van der Waals surface area contributed by atoms with Crippen molar-refractivity contribution in [3.63, 3.8) is 0 Å². The Hall–Kier alpha value is -2.18. The number of aliphatic hydroxyl groups excluding tert-OH is 1. The summed E-state index contributed by atoms with van der Waals surface area (Å²) in [5.41, 5.74) is 0.742. The van der Waals surface area contributed by atoms with Gasteiger partial charge in [0.05, 0.1) is 49.1 Å². The van der Waals surface area contributed by atoms with E-state index in [2.05, 4.69) is 34.0 Å².